The van der Waals surface area contributed by atoms with Gasteiger partial charge in [-0.05, 0) is 30.9 Å². The van der Waals surface area contributed by atoms with Crippen molar-refractivity contribution in [2.75, 3.05) is 44.8 Å². The first kappa shape index (κ1) is 23.3. The summed E-state index contributed by atoms with van der Waals surface area (Å²) in [6, 6.07) is 6.92. The molecule has 1 fully saturated rings. The molecule has 1 heterocycles. The molecule has 29 heavy (non-hydrogen) atoms. The van der Waals surface area contributed by atoms with E-state index in [0.717, 1.165) is 0 Å². The number of hydrogen-bond donors (Lipinski definition) is 2. The lowest BCUT2D eigenvalue weighted by Gasteiger charge is -2.35. The molecule has 0 radical (unpaired) electrons. The van der Waals surface area contributed by atoms with Crippen LogP contribution < -0.4 is 10.6 Å². The summed E-state index contributed by atoms with van der Waals surface area (Å²) in [7, 11) is -1.61. The van der Waals surface area contributed by atoms with Gasteiger partial charge in [0.2, 0.25) is 15.9 Å². The van der Waals surface area contributed by atoms with E-state index in [4.69, 9.17) is 0 Å². The number of carbonyl (C=O) groups excluding carboxylic acids is 2. The molecular weight excluding hydrogens is 392 g/mol. The van der Waals surface area contributed by atoms with Crippen molar-refractivity contribution >= 4 is 27.5 Å². The zero-order valence-electron chi connectivity index (χ0n) is 17.6. The maximum absolute atomic E-state index is 12.5. The number of piperidine rings is 1. The second-order valence-electron chi connectivity index (χ2n) is 7.98. The Morgan fingerprint density at radius 1 is 1.21 bits per heavy atom. The van der Waals surface area contributed by atoms with Crippen molar-refractivity contribution in [3.05, 3.63) is 29.8 Å². The molecule has 0 saturated carbocycles. The van der Waals surface area contributed by atoms with E-state index >= 15 is 0 Å². The lowest BCUT2D eigenvalue weighted by molar-refractivity contribution is -0.117. The molecule has 9 heteroatoms. The second kappa shape index (κ2) is 10.2. The summed E-state index contributed by atoms with van der Waals surface area (Å²) in [5.41, 5.74) is 0.931. The van der Waals surface area contributed by atoms with Crippen molar-refractivity contribution in [3.63, 3.8) is 0 Å². The number of hydrogen-bond acceptors (Lipinski definition) is 5. The van der Waals surface area contributed by atoms with E-state index in [-0.39, 0.29) is 24.4 Å². The zero-order chi connectivity index (χ0) is 21.6. The van der Waals surface area contributed by atoms with Crippen LogP contribution in [-0.4, -0.2) is 75.0 Å². The zero-order valence-corrected chi connectivity index (χ0v) is 18.5. The van der Waals surface area contributed by atoms with Gasteiger partial charge in [-0.2, -0.15) is 0 Å². The van der Waals surface area contributed by atoms with Crippen molar-refractivity contribution in [1.82, 2.24) is 14.5 Å². The third kappa shape index (κ3) is 7.09. The van der Waals surface area contributed by atoms with Crippen LogP contribution in [0.3, 0.4) is 0 Å². The Labute approximate surface area is 173 Å². The van der Waals surface area contributed by atoms with Crippen LogP contribution in [0.25, 0.3) is 0 Å². The van der Waals surface area contributed by atoms with Crippen LogP contribution in [-0.2, 0) is 14.8 Å². The molecule has 1 aliphatic heterocycles. The summed E-state index contributed by atoms with van der Waals surface area (Å²) < 4.78 is 24.8. The summed E-state index contributed by atoms with van der Waals surface area (Å²) >= 11 is 0. The fourth-order valence-electron chi connectivity index (χ4n) is 3.29. The molecule has 1 saturated heterocycles. The normalized spacial score (nSPS) is 16.2. The third-order valence-corrected chi connectivity index (χ3v) is 6.42. The van der Waals surface area contributed by atoms with Gasteiger partial charge < -0.3 is 10.6 Å². The quantitative estimate of drug-likeness (QED) is 0.657. The van der Waals surface area contributed by atoms with E-state index in [1.54, 1.807) is 31.3 Å². The smallest absolute Gasteiger partial charge is 0.253 e. The number of benzene rings is 1. The van der Waals surface area contributed by atoms with Crippen LogP contribution in [0.5, 0.6) is 0 Å². The standard InChI is InChI=1S/C20H32N4O4S/c1-15(2)13-21-20(26)17-7-5-6-8-18(17)22-19(25)14-24-11-9-16(10-12-24)23(3)29(4,27)28/h5-8,15-16H,9-14H2,1-4H3,(H,21,26)(H,22,25). The molecule has 162 valence electrons. The van der Waals surface area contributed by atoms with Crippen LogP contribution in [0.2, 0.25) is 0 Å². The van der Waals surface area contributed by atoms with Crippen LogP contribution >= 0.6 is 0 Å². The Morgan fingerprint density at radius 3 is 2.41 bits per heavy atom. The fraction of sp³-hybridized carbons (Fsp3) is 0.600. The number of likely N-dealkylation sites (tertiary alicyclic amines) is 1. The van der Waals surface area contributed by atoms with E-state index in [1.807, 2.05) is 18.7 Å². The summed E-state index contributed by atoms with van der Waals surface area (Å²) in [6.45, 7) is 6.10. The van der Waals surface area contributed by atoms with Crippen LogP contribution in [0.15, 0.2) is 24.3 Å². The van der Waals surface area contributed by atoms with Gasteiger partial charge in [-0.25, -0.2) is 12.7 Å². The average molecular weight is 425 g/mol. The molecule has 2 amide bonds. The Balaban J connectivity index is 1.90. The highest BCUT2D eigenvalue weighted by atomic mass is 32.2. The molecule has 1 aromatic rings. The number of amides is 2. The van der Waals surface area contributed by atoms with E-state index < -0.39 is 10.0 Å². The number of rotatable bonds is 8. The van der Waals surface area contributed by atoms with Crippen molar-refractivity contribution in [2.45, 2.75) is 32.7 Å². The number of anilines is 1. The van der Waals surface area contributed by atoms with Crippen molar-refractivity contribution < 1.29 is 18.0 Å². The molecule has 8 nitrogen and oxygen atoms in total. The monoisotopic (exact) mass is 424 g/mol. The average Bonchev–Trinajstić information content (AvgIpc) is 2.65. The van der Waals surface area contributed by atoms with Gasteiger partial charge in [0.25, 0.3) is 5.91 Å². The van der Waals surface area contributed by atoms with E-state index in [0.29, 0.717) is 49.6 Å². The maximum atomic E-state index is 12.5. The van der Waals surface area contributed by atoms with Gasteiger partial charge in [0, 0.05) is 32.7 Å². The molecule has 1 aliphatic rings. The number of carbonyl (C=O) groups is 2. The molecule has 2 N–H and O–H groups in total. The highest BCUT2D eigenvalue weighted by molar-refractivity contribution is 7.88. The lowest BCUT2D eigenvalue weighted by Crippen LogP contribution is -2.47. The molecule has 0 aliphatic carbocycles. The topological polar surface area (TPSA) is 98.8 Å². The van der Waals surface area contributed by atoms with Gasteiger partial charge in [-0.1, -0.05) is 26.0 Å². The number of nitrogens with zero attached hydrogens (tertiary/aromatic N) is 2. The van der Waals surface area contributed by atoms with Gasteiger partial charge in [0.1, 0.15) is 0 Å². The molecule has 0 atom stereocenters. The summed E-state index contributed by atoms with van der Waals surface area (Å²) in [4.78, 5) is 26.9. The minimum atomic E-state index is -3.21. The molecule has 0 unspecified atom stereocenters. The largest absolute Gasteiger partial charge is 0.352 e. The van der Waals surface area contributed by atoms with E-state index in [1.165, 1.54) is 10.6 Å². The Hall–Kier alpha value is -1.97. The van der Waals surface area contributed by atoms with Crippen molar-refractivity contribution in [1.29, 1.82) is 0 Å². The number of sulfonamides is 1. The van der Waals surface area contributed by atoms with Gasteiger partial charge in [0.05, 0.1) is 24.1 Å². The van der Waals surface area contributed by atoms with Gasteiger partial charge in [0.15, 0.2) is 0 Å². The predicted octanol–water partition coefficient (Wildman–Crippen LogP) is 1.37. The summed E-state index contributed by atoms with van der Waals surface area (Å²) in [6.07, 6.45) is 2.58. The Bertz CT molecular complexity index is 818. The molecule has 0 aromatic heterocycles. The summed E-state index contributed by atoms with van der Waals surface area (Å²) in [5.74, 6) is -0.0615. The molecule has 1 aromatic carbocycles. The van der Waals surface area contributed by atoms with E-state index in [9.17, 15) is 18.0 Å². The minimum absolute atomic E-state index is 0.0327. The first-order valence-electron chi connectivity index (χ1n) is 9.90. The number of nitrogens with one attached hydrogen (secondary N) is 2. The lowest BCUT2D eigenvalue weighted by atomic mass is 10.1. The van der Waals surface area contributed by atoms with Crippen molar-refractivity contribution in [2.24, 2.45) is 5.92 Å². The highest BCUT2D eigenvalue weighted by Gasteiger charge is 2.28. The second-order valence-corrected chi connectivity index (χ2v) is 10.0. The van der Waals surface area contributed by atoms with Crippen molar-refractivity contribution in [3.8, 4) is 0 Å². The third-order valence-electron chi connectivity index (χ3n) is 5.08. The maximum Gasteiger partial charge on any atom is 0.253 e. The Kier molecular flexibility index (Phi) is 8.18. The summed E-state index contributed by atoms with van der Waals surface area (Å²) in [5, 5.41) is 5.70. The van der Waals surface area contributed by atoms with Gasteiger partial charge >= 0.3 is 0 Å². The molecule has 0 bridgehead atoms. The van der Waals surface area contributed by atoms with Crippen LogP contribution in [0.4, 0.5) is 5.69 Å². The SMILES string of the molecule is CC(C)CNC(=O)c1ccccc1NC(=O)CN1CCC(N(C)S(C)(=O)=O)CC1. The first-order valence-corrected chi connectivity index (χ1v) is 11.7. The van der Waals surface area contributed by atoms with Gasteiger partial charge in [-0.3, -0.25) is 14.5 Å². The Morgan fingerprint density at radius 2 is 1.83 bits per heavy atom. The molecular formula is C20H32N4O4S. The van der Waals surface area contributed by atoms with Crippen LogP contribution in [0, 0.1) is 5.92 Å². The van der Waals surface area contributed by atoms with E-state index in [2.05, 4.69) is 10.6 Å². The minimum Gasteiger partial charge on any atom is -0.352 e. The molecule has 0 spiro atoms. The predicted molar refractivity (Wildman–Crippen MR) is 114 cm³/mol. The van der Waals surface area contributed by atoms with Crippen LogP contribution in [0.1, 0.15) is 37.0 Å². The molecule has 2 rings (SSSR count). The highest BCUT2D eigenvalue weighted by Crippen LogP contribution is 2.18. The number of para-hydroxylation sites is 1. The van der Waals surface area contributed by atoms with Gasteiger partial charge in [-0.15, -0.1) is 0 Å². The first-order chi connectivity index (χ1) is 13.6. The fourth-order valence-corrected chi connectivity index (χ4v) is 4.04.